The third-order valence-electron chi connectivity index (χ3n) is 3.53. The summed E-state index contributed by atoms with van der Waals surface area (Å²) in [5.41, 5.74) is -0.940. The Labute approximate surface area is 124 Å². The molecule has 0 aliphatic heterocycles. The maximum atomic E-state index is 13.8. The lowest BCUT2D eigenvalue weighted by molar-refractivity contribution is 0.0524. The first kappa shape index (κ1) is 14.4. The van der Waals surface area contributed by atoms with Crippen LogP contribution in [0.3, 0.4) is 0 Å². The van der Waals surface area contributed by atoms with Gasteiger partial charge in [-0.05, 0) is 25.8 Å². The number of rotatable bonds is 4. The third-order valence-corrected chi connectivity index (χ3v) is 3.53. The maximum Gasteiger partial charge on any atom is 0.343 e. The largest absolute Gasteiger partial charge is 0.462 e. The Bertz CT molecular complexity index is 840. The quantitative estimate of drug-likeness (QED) is 0.636. The molecule has 0 spiro atoms. The molecular weight excluding hydrogens is 291 g/mol. The molecule has 1 fully saturated rings. The molecule has 2 heterocycles. The van der Waals surface area contributed by atoms with Gasteiger partial charge in [0.25, 0.3) is 0 Å². The lowest BCUT2D eigenvalue weighted by Gasteiger charge is -2.12. The highest BCUT2D eigenvalue weighted by atomic mass is 19.1. The lowest BCUT2D eigenvalue weighted by Crippen LogP contribution is -2.22. The monoisotopic (exact) mass is 304 g/mol. The lowest BCUT2D eigenvalue weighted by atomic mass is 10.1. The number of hydrogen-bond acceptors (Lipinski definition) is 5. The van der Waals surface area contributed by atoms with E-state index in [2.05, 4.69) is 4.98 Å². The number of nitrogens with zero attached hydrogens (tertiary/aromatic N) is 2. The Kier molecular flexibility index (Phi) is 3.48. The summed E-state index contributed by atoms with van der Waals surface area (Å²) in [7, 11) is 0. The van der Waals surface area contributed by atoms with Crippen LogP contribution in [0.15, 0.2) is 17.1 Å². The molecule has 2 aromatic heterocycles. The first-order chi connectivity index (χ1) is 10.6. The van der Waals surface area contributed by atoms with Crippen molar-refractivity contribution in [1.29, 1.82) is 0 Å². The second kappa shape index (κ2) is 5.32. The van der Waals surface area contributed by atoms with Gasteiger partial charge in [0.15, 0.2) is 12.1 Å². The minimum absolute atomic E-state index is 0.0273. The predicted octanol–water partition coefficient (Wildman–Crippen LogP) is 1.86. The van der Waals surface area contributed by atoms with Crippen LogP contribution in [0.4, 0.5) is 4.39 Å². The Morgan fingerprint density at radius 1 is 1.55 bits per heavy atom. The van der Waals surface area contributed by atoms with Crippen LogP contribution in [0.1, 0.15) is 46.7 Å². The number of pyridine rings is 2. The van der Waals surface area contributed by atoms with Gasteiger partial charge in [-0.15, -0.1) is 0 Å². The van der Waals surface area contributed by atoms with Crippen molar-refractivity contribution in [3.63, 3.8) is 0 Å². The Balaban J connectivity index is 2.33. The van der Waals surface area contributed by atoms with E-state index >= 15 is 0 Å². The van der Waals surface area contributed by atoms with Gasteiger partial charge in [0, 0.05) is 12.2 Å². The smallest absolute Gasteiger partial charge is 0.343 e. The molecular formula is C15H13FN2O4. The number of carbonyl (C=O) groups excluding carboxylic acids is 2. The molecule has 0 saturated heterocycles. The van der Waals surface area contributed by atoms with Gasteiger partial charge in [-0.3, -0.25) is 9.59 Å². The zero-order valence-electron chi connectivity index (χ0n) is 11.8. The van der Waals surface area contributed by atoms with E-state index in [0.29, 0.717) is 6.29 Å². The van der Waals surface area contributed by atoms with Crippen molar-refractivity contribution in [2.75, 3.05) is 6.61 Å². The van der Waals surface area contributed by atoms with Crippen LogP contribution in [0.2, 0.25) is 0 Å². The predicted molar refractivity (Wildman–Crippen MR) is 75.6 cm³/mol. The molecule has 2 aromatic rings. The summed E-state index contributed by atoms with van der Waals surface area (Å²) in [4.78, 5) is 39.1. The van der Waals surface area contributed by atoms with Crippen LogP contribution >= 0.6 is 0 Å². The molecule has 0 unspecified atom stereocenters. The zero-order chi connectivity index (χ0) is 15.9. The van der Waals surface area contributed by atoms with Gasteiger partial charge in [-0.2, -0.15) is 0 Å². The summed E-state index contributed by atoms with van der Waals surface area (Å²) in [6.07, 6.45) is 3.43. The third kappa shape index (κ3) is 2.28. The highest BCUT2D eigenvalue weighted by Gasteiger charge is 2.28. The molecule has 7 heteroatoms. The van der Waals surface area contributed by atoms with E-state index in [1.165, 1.54) is 6.20 Å². The van der Waals surface area contributed by atoms with E-state index < -0.39 is 17.2 Å². The van der Waals surface area contributed by atoms with Gasteiger partial charge in [-0.1, -0.05) is 0 Å². The second-order valence-electron chi connectivity index (χ2n) is 5.08. The summed E-state index contributed by atoms with van der Waals surface area (Å²) in [5.74, 6) is -1.63. The molecule has 0 radical (unpaired) electrons. The molecule has 1 aliphatic rings. The second-order valence-corrected chi connectivity index (χ2v) is 5.08. The Morgan fingerprint density at radius 2 is 2.27 bits per heavy atom. The molecule has 0 amide bonds. The molecule has 3 rings (SSSR count). The fraction of sp³-hybridized carbons (Fsp3) is 0.333. The van der Waals surface area contributed by atoms with Crippen molar-refractivity contribution in [2.24, 2.45) is 0 Å². The molecule has 6 nitrogen and oxygen atoms in total. The molecule has 1 saturated carbocycles. The molecule has 0 N–H and O–H groups in total. The van der Waals surface area contributed by atoms with Crippen molar-refractivity contribution in [1.82, 2.24) is 9.55 Å². The highest BCUT2D eigenvalue weighted by Crippen LogP contribution is 2.36. The van der Waals surface area contributed by atoms with Crippen molar-refractivity contribution in [2.45, 2.75) is 25.8 Å². The molecule has 22 heavy (non-hydrogen) atoms. The van der Waals surface area contributed by atoms with Gasteiger partial charge in [0.2, 0.25) is 5.43 Å². The maximum absolute atomic E-state index is 13.8. The normalized spacial score (nSPS) is 14.1. The Hall–Kier alpha value is -2.57. The van der Waals surface area contributed by atoms with Crippen molar-refractivity contribution in [3.05, 3.63) is 39.6 Å². The number of fused-ring (bicyclic) bond motifs is 1. The highest BCUT2D eigenvalue weighted by molar-refractivity contribution is 5.93. The number of carbonyl (C=O) groups is 2. The van der Waals surface area contributed by atoms with Gasteiger partial charge in [0.05, 0.1) is 12.0 Å². The molecule has 0 bridgehead atoms. The summed E-state index contributed by atoms with van der Waals surface area (Å²) < 4.78 is 20.3. The van der Waals surface area contributed by atoms with Crippen molar-refractivity contribution in [3.8, 4) is 0 Å². The van der Waals surface area contributed by atoms with E-state index in [1.807, 2.05) is 0 Å². The average molecular weight is 304 g/mol. The number of hydrogen-bond donors (Lipinski definition) is 0. The summed E-state index contributed by atoms with van der Waals surface area (Å²) in [6.45, 7) is 1.77. The number of aromatic nitrogens is 2. The number of esters is 1. The van der Waals surface area contributed by atoms with E-state index in [1.54, 1.807) is 11.5 Å². The van der Waals surface area contributed by atoms with Gasteiger partial charge < -0.3 is 9.30 Å². The molecule has 1 aliphatic carbocycles. The standard InChI is InChI=1S/C15H13FN2O4/c1-2-22-15(21)10-6-18(8-3-4-8)14-9(13(10)20)5-11(16)12(7-19)17-14/h5-8H,2-4H2,1H3. The van der Waals surface area contributed by atoms with Crippen LogP contribution in [0.5, 0.6) is 0 Å². The van der Waals surface area contributed by atoms with Crippen LogP contribution < -0.4 is 5.43 Å². The van der Waals surface area contributed by atoms with Crippen molar-refractivity contribution >= 4 is 23.3 Å². The SMILES string of the molecule is CCOC(=O)c1cn(C2CC2)c2nc(C=O)c(F)cc2c1=O. The Morgan fingerprint density at radius 3 is 2.86 bits per heavy atom. The van der Waals surface area contributed by atoms with Crippen LogP contribution in [-0.4, -0.2) is 28.4 Å². The fourth-order valence-electron chi connectivity index (χ4n) is 2.33. The van der Waals surface area contributed by atoms with Crippen LogP contribution in [-0.2, 0) is 4.74 Å². The topological polar surface area (TPSA) is 78.3 Å². The summed E-state index contributed by atoms with van der Waals surface area (Å²) in [6, 6.07) is 1.05. The number of aldehydes is 1. The van der Waals surface area contributed by atoms with E-state index in [-0.39, 0.29) is 34.9 Å². The first-order valence-corrected chi connectivity index (χ1v) is 6.94. The number of halogens is 1. The summed E-state index contributed by atoms with van der Waals surface area (Å²) >= 11 is 0. The van der Waals surface area contributed by atoms with E-state index in [0.717, 1.165) is 18.9 Å². The minimum atomic E-state index is -0.886. The van der Waals surface area contributed by atoms with Gasteiger partial charge in [0.1, 0.15) is 16.9 Å². The summed E-state index contributed by atoms with van der Waals surface area (Å²) in [5, 5.41) is -0.0273. The molecule has 0 atom stereocenters. The molecule has 114 valence electrons. The molecule has 0 aromatic carbocycles. The van der Waals surface area contributed by atoms with E-state index in [4.69, 9.17) is 4.74 Å². The van der Waals surface area contributed by atoms with Crippen LogP contribution in [0, 0.1) is 5.82 Å². The van der Waals surface area contributed by atoms with Crippen molar-refractivity contribution < 1.29 is 18.7 Å². The van der Waals surface area contributed by atoms with Crippen LogP contribution in [0.25, 0.3) is 11.0 Å². The number of ether oxygens (including phenoxy) is 1. The first-order valence-electron chi connectivity index (χ1n) is 6.94. The van der Waals surface area contributed by atoms with Gasteiger partial charge in [-0.25, -0.2) is 14.2 Å². The fourth-order valence-corrected chi connectivity index (χ4v) is 2.33. The zero-order valence-corrected chi connectivity index (χ0v) is 11.8. The minimum Gasteiger partial charge on any atom is -0.462 e. The average Bonchev–Trinajstić information content (AvgIpc) is 3.32. The van der Waals surface area contributed by atoms with E-state index in [9.17, 15) is 18.8 Å². The van der Waals surface area contributed by atoms with Gasteiger partial charge >= 0.3 is 5.97 Å².